The molecule has 1 aliphatic rings. The summed E-state index contributed by atoms with van der Waals surface area (Å²) in [6.45, 7) is 17.8. The molecular formula is C9H21B2N. The third-order valence-corrected chi connectivity index (χ3v) is 2.77. The lowest BCUT2D eigenvalue weighted by Crippen LogP contribution is -2.32. The van der Waals surface area contributed by atoms with Crippen LogP contribution in [0.25, 0.3) is 0 Å². The fraction of sp³-hybridized carbons (Fsp3) is 1.00. The van der Waals surface area contributed by atoms with Gasteiger partial charge in [-0.1, -0.05) is 27.6 Å². The Hall–Kier alpha value is 0.0899. The van der Waals surface area contributed by atoms with Gasteiger partial charge in [-0.3, -0.25) is 0 Å². The number of rotatable bonds is 0. The highest BCUT2D eigenvalue weighted by atomic mass is 15.1. The summed E-state index contributed by atoms with van der Waals surface area (Å²) < 4.78 is 2.60. The van der Waals surface area contributed by atoms with E-state index in [9.17, 15) is 0 Å². The van der Waals surface area contributed by atoms with Crippen LogP contribution in [0.2, 0.25) is 12.1 Å². The summed E-state index contributed by atoms with van der Waals surface area (Å²) in [6.07, 6.45) is 0. The van der Waals surface area contributed by atoms with E-state index in [0.29, 0.717) is 10.9 Å². The Labute approximate surface area is 78.1 Å². The quantitative estimate of drug-likeness (QED) is 0.393. The van der Waals surface area contributed by atoms with Gasteiger partial charge in [-0.05, 0) is 31.6 Å². The highest BCUT2D eigenvalue weighted by molar-refractivity contribution is 7.36. The van der Waals surface area contributed by atoms with Crippen molar-refractivity contribution in [2.45, 2.75) is 59.2 Å². The molecule has 3 heteroatoms. The van der Waals surface area contributed by atoms with E-state index in [1.165, 1.54) is 0 Å². The first-order valence-corrected chi connectivity index (χ1v) is 4.94. The molecule has 0 N–H and O–H groups in total. The summed E-state index contributed by atoms with van der Waals surface area (Å²) in [6, 6.07) is 0. The Morgan fingerprint density at radius 3 is 1.42 bits per heavy atom. The molecule has 1 unspecified atom stereocenters. The van der Waals surface area contributed by atoms with Crippen molar-refractivity contribution in [3.8, 4) is 0 Å². The normalized spacial score (nSPS) is 24.8. The third kappa shape index (κ3) is 1.71. The summed E-state index contributed by atoms with van der Waals surface area (Å²) in [5.41, 5.74) is 0.345. The first kappa shape index (κ1) is 10.2. The van der Waals surface area contributed by atoms with Crippen LogP contribution in [0.4, 0.5) is 0 Å². The van der Waals surface area contributed by atoms with Crippen molar-refractivity contribution in [3.63, 3.8) is 0 Å². The topological polar surface area (TPSA) is 3.01 Å². The molecule has 1 heterocycles. The summed E-state index contributed by atoms with van der Waals surface area (Å²) in [5, 5.41) is 0.437. The summed E-state index contributed by atoms with van der Waals surface area (Å²) in [4.78, 5) is 0. The molecule has 0 radical (unpaired) electrons. The van der Waals surface area contributed by atoms with Crippen LogP contribution in [0.3, 0.4) is 0 Å². The van der Waals surface area contributed by atoms with E-state index in [1.807, 2.05) is 0 Å². The predicted octanol–water partition coefficient (Wildman–Crippen LogP) is 2.59. The predicted molar refractivity (Wildman–Crippen MR) is 58.7 cm³/mol. The van der Waals surface area contributed by atoms with E-state index < -0.39 is 0 Å². The number of hydrogen-bond acceptors (Lipinski definition) is 1. The lowest BCUT2D eigenvalue weighted by molar-refractivity contribution is 0.392. The molecule has 1 aliphatic heterocycles. The Morgan fingerprint density at radius 2 is 1.33 bits per heavy atom. The standard InChI is InChI=1S/C9H21B2N/c1-8(2,3)11-10(7)12(11)9(4,5)6/h1-7H3. The van der Waals surface area contributed by atoms with Gasteiger partial charge in [-0.25, -0.2) is 0 Å². The molecule has 1 atom stereocenters. The Kier molecular flexibility index (Phi) is 2.15. The maximum absolute atomic E-state index is 2.60. The van der Waals surface area contributed by atoms with E-state index in [0.717, 1.165) is 13.5 Å². The third-order valence-electron chi connectivity index (χ3n) is 2.77. The molecule has 1 nitrogen and oxygen atoms in total. The first-order valence-electron chi connectivity index (χ1n) is 4.94. The minimum absolute atomic E-state index is 0.345. The Morgan fingerprint density at radius 1 is 0.917 bits per heavy atom. The van der Waals surface area contributed by atoms with E-state index in [-0.39, 0.29) is 0 Å². The van der Waals surface area contributed by atoms with Crippen molar-refractivity contribution in [1.29, 1.82) is 0 Å². The van der Waals surface area contributed by atoms with Crippen molar-refractivity contribution in [2.75, 3.05) is 0 Å². The molecule has 12 heavy (non-hydrogen) atoms. The minimum Gasteiger partial charge on any atom is -0.388 e. The molecule has 0 saturated carbocycles. The van der Waals surface area contributed by atoms with Gasteiger partial charge in [0.1, 0.15) is 0 Å². The Balaban J connectivity index is 2.67. The zero-order valence-electron chi connectivity index (χ0n) is 9.60. The molecule has 0 spiro atoms. The highest BCUT2D eigenvalue weighted by Crippen LogP contribution is 2.44. The lowest BCUT2D eigenvalue weighted by atomic mass is 9.30. The highest BCUT2D eigenvalue weighted by Gasteiger charge is 2.60. The maximum atomic E-state index is 2.60. The second-order valence-corrected chi connectivity index (χ2v) is 6.13. The smallest absolute Gasteiger partial charge is 0.201 e. The monoisotopic (exact) mass is 165 g/mol. The van der Waals surface area contributed by atoms with Gasteiger partial charge in [-0.15, -0.1) is 0 Å². The van der Waals surface area contributed by atoms with Crippen LogP contribution in [0.5, 0.6) is 0 Å². The van der Waals surface area contributed by atoms with Crippen LogP contribution in [-0.4, -0.2) is 23.7 Å². The largest absolute Gasteiger partial charge is 0.388 e. The minimum atomic E-state index is 0.345. The van der Waals surface area contributed by atoms with Crippen molar-refractivity contribution in [3.05, 3.63) is 0 Å². The van der Waals surface area contributed by atoms with Crippen molar-refractivity contribution in [2.24, 2.45) is 0 Å². The zero-order valence-corrected chi connectivity index (χ0v) is 9.60. The SMILES string of the molecule is CB1B(C(C)(C)C)N1C(C)(C)C. The van der Waals surface area contributed by atoms with Gasteiger partial charge >= 0.3 is 0 Å². The van der Waals surface area contributed by atoms with Gasteiger partial charge in [0.15, 0.2) is 6.74 Å². The number of nitrogens with zero attached hydrogens (tertiary/aromatic N) is 1. The van der Waals surface area contributed by atoms with Crippen LogP contribution < -0.4 is 0 Å². The van der Waals surface area contributed by atoms with E-state index >= 15 is 0 Å². The van der Waals surface area contributed by atoms with Crippen LogP contribution in [-0.2, 0) is 0 Å². The number of hydrogen-bond donors (Lipinski definition) is 0. The van der Waals surface area contributed by atoms with Gasteiger partial charge in [0.25, 0.3) is 0 Å². The van der Waals surface area contributed by atoms with Gasteiger partial charge in [0.2, 0.25) is 6.74 Å². The van der Waals surface area contributed by atoms with E-state index in [1.54, 1.807) is 0 Å². The van der Waals surface area contributed by atoms with Crippen molar-refractivity contribution in [1.82, 2.24) is 4.72 Å². The molecule has 1 fully saturated rings. The van der Waals surface area contributed by atoms with E-state index in [2.05, 4.69) is 53.1 Å². The van der Waals surface area contributed by atoms with Crippen molar-refractivity contribution >= 4 is 13.5 Å². The molecular weight excluding hydrogens is 144 g/mol. The fourth-order valence-electron chi connectivity index (χ4n) is 2.52. The molecule has 1 saturated heterocycles. The molecule has 0 aromatic rings. The molecule has 0 aliphatic carbocycles. The average molecular weight is 165 g/mol. The summed E-state index contributed by atoms with van der Waals surface area (Å²) in [5.74, 6) is 0. The first-order chi connectivity index (χ1) is 5.15. The molecule has 0 amide bonds. The van der Waals surface area contributed by atoms with Gasteiger partial charge in [0.05, 0.1) is 0 Å². The van der Waals surface area contributed by atoms with Gasteiger partial charge in [0, 0.05) is 0 Å². The maximum Gasteiger partial charge on any atom is 0.201 e. The van der Waals surface area contributed by atoms with Gasteiger partial charge < -0.3 is 4.72 Å². The Bertz CT molecular complexity index is 158. The summed E-state index contributed by atoms with van der Waals surface area (Å²) >= 11 is 0. The van der Waals surface area contributed by atoms with Crippen LogP contribution >= 0.6 is 0 Å². The summed E-state index contributed by atoms with van der Waals surface area (Å²) in [7, 11) is 0. The molecule has 1 rings (SSSR count). The second kappa shape index (κ2) is 2.54. The molecule has 0 bridgehead atoms. The van der Waals surface area contributed by atoms with Crippen molar-refractivity contribution < 1.29 is 0 Å². The van der Waals surface area contributed by atoms with Crippen LogP contribution in [0.1, 0.15) is 41.5 Å². The molecule has 0 aromatic carbocycles. The van der Waals surface area contributed by atoms with E-state index in [4.69, 9.17) is 0 Å². The van der Waals surface area contributed by atoms with Gasteiger partial charge in [-0.2, -0.15) is 0 Å². The lowest BCUT2D eigenvalue weighted by Gasteiger charge is -2.28. The second-order valence-electron chi connectivity index (χ2n) is 6.13. The average Bonchev–Trinajstić information content (AvgIpc) is 2.35. The van der Waals surface area contributed by atoms with Crippen LogP contribution in [0, 0.1) is 0 Å². The fourth-order valence-corrected chi connectivity index (χ4v) is 2.52. The van der Waals surface area contributed by atoms with Crippen LogP contribution in [0.15, 0.2) is 0 Å². The zero-order chi connectivity index (χ0) is 9.73. The molecule has 0 aromatic heterocycles. The molecule has 68 valence electrons.